The van der Waals surface area contributed by atoms with Crippen molar-refractivity contribution in [1.82, 2.24) is 24.8 Å². The van der Waals surface area contributed by atoms with Gasteiger partial charge in [-0.05, 0) is 38.3 Å². The number of morpholine rings is 1. The smallest absolute Gasteiger partial charge is 0.220 e. The molecule has 0 aliphatic carbocycles. The van der Waals surface area contributed by atoms with Crippen LogP contribution in [0.2, 0.25) is 0 Å². The molecule has 1 amide bonds. The summed E-state index contributed by atoms with van der Waals surface area (Å²) in [6.07, 6.45) is 1.10. The molecule has 1 aliphatic rings. The number of hydrogen-bond acceptors (Lipinski definition) is 5. The Morgan fingerprint density at radius 3 is 2.84 bits per heavy atom. The molecule has 0 spiro atoms. The Morgan fingerprint density at radius 1 is 1.23 bits per heavy atom. The molecule has 3 aromatic rings. The third kappa shape index (κ3) is 5.29. The van der Waals surface area contributed by atoms with Gasteiger partial charge in [0.2, 0.25) is 5.91 Å². The summed E-state index contributed by atoms with van der Waals surface area (Å²) in [4.78, 5) is 19.5. The summed E-state index contributed by atoms with van der Waals surface area (Å²) >= 11 is 0. The normalized spacial score (nSPS) is 17.2. The van der Waals surface area contributed by atoms with E-state index in [1.807, 2.05) is 37.4 Å². The average molecular weight is 422 g/mol. The van der Waals surface area contributed by atoms with Crippen molar-refractivity contribution in [2.75, 3.05) is 26.2 Å². The standard InChI is InChI=1S/C24H31N5O2/c1-17-13-23-26-18(2)22(19(3)29(23)27-17)9-10-24(30)25-14-21-16-28(11-12-31-21)15-20-7-5-4-6-8-20/h4-8,13,21H,9-12,14-16H2,1-3H3,(H,25,30)/t21-/m0/s1. The second-order valence-corrected chi connectivity index (χ2v) is 8.33. The molecule has 31 heavy (non-hydrogen) atoms. The van der Waals surface area contributed by atoms with Crippen molar-refractivity contribution >= 4 is 11.6 Å². The van der Waals surface area contributed by atoms with E-state index < -0.39 is 0 Å². The predicted molar refractivity (Wildman–Crippen MR) is 120 cm³/mol. The number of fused-ring (bicyclic) bond motifs is 1. The molecule has 0 unspecified atom stereocenters. The topological polar surface area (TPSA) is 71.8 Å². The number of hydrogen-bond donors (Lipinski definition) is 1. The first-order chi connectivity index (χ1) is 15.0. The maximum atomic E-state index is 12.5. The van der Waals surface area contributed by atoms with Crippen LogP contribution < -0.4 is 5.32 Å². The number of aryl methyl sites for hydroxylation is 3. The van der Waals surface area contributed by atoms with Gasteiger partial charge in [0.05, 0.1) is 18.4 Å². The third-order valence-electron chi connectivity index (χ3n) is 5.89. The van der Waals surface area contributed by atoms with Crippen molar-refractivity contribution in [3.05, 3.63) is 64.6 Å². The first-order valence-electron chi connectivity index (χ1n) is 11.0. The van der Waals surface area contributed by atoms with E-state index in [9.17, 15) is 4.79 Å². The maximum Gasteiger partial charge on any atom is 0.220 e. The minimum absolute atomic E-state index is 0.0231. The lowest BCUT2D eigenvalue weighted by molar-refractivity contribution is -0.122. The zero-order chi connectivity index (χ0) is 21.8. The van der Waals surface area contributed by atoms with Crippen LogP contribution in [0, 0.1) is 20.8 Å². The van der Waals surface area contributed by atoms with Crippen LogP contribution in [-0.4, -0.2) is 57.8 Å². The molecule has 1 N–H and O–H groups in total. The molecule has 0 saturated carbocycles. The highest BCUT2D eigenvalue weighted by Crippen LogP contribution is 2.17. The summed E-state index contributed by atoms with van der Waals surface area (Å²) in [6.45, 7) is 9.89. The van der Waals surface area contributed by atoms with Crippen molar-refractivity contribution in [3.8, 4) is 0 Å². The second-order valence-electron chi connectivity index (χ2n) is 8.33. The number of aromatic nitrogens is 3. The maximum absolute atomic E-state index is 12.5. The number of ether oxygens (including phenoxy) is 1. The molecule has 7 heteroatoms. The summed E-state index contributed by atoms with van der Waals surface area (Å²) in [6, 6.07) is 12.4. The predicted octanol–water partition coefficient (Wildman–Crippen LogP) is 2.60. The summed E-state index contributed by atoms with van der Waals surface area (Å²) in [7, 11) is 0. The van der Waals surface area contributed by atoms with Crippen molar-refractivity contribution in [3.63, 3.8) is 0 Å². The fraction of sp³-hybridized carbons (Fsp3) is 0.458. The fourth-order valence-corrected chi connectivity index (χ4v) is 4.25. The van der Waals surface area contributed by atoms with Crippen molar-refractivity contribution in [2.24, 2.45) is 0 Å². The van der Waals surface area contributed by atoms with Crippen LogP contribution in [-0.2, 0) is 22.5 Å². The number of nitrogens with zero attached hydrogens (tertiary/aromatic N) is 4. The third-order valence-corrected chi connectivity index (χ3v) is 5.89. The number of carbonyl (C=O) groups excluding carboxylic acids is 1. The molecule has 1 fully saturated rings. The van der Waals surface area contributed by atoms with Gasteiger partial charge in [0.1, 0.15) is 0 Å². The Balaban J connectivity index is 1.27. The molecule has 0 radical (unpaired) electrons. The van der Waals surface area contributed by atoms with E-state index in [1.165, 1.54) is 5.56 Å². The number of benzene rings is 1. The van der Waals surface area contributed by atoms with Gasteiger partial charge in [-0.15, -0.1) is 0 Å². The highest BCUT2D eigenvalue weighted by atomic mass is 16.5. The molecular weight excluding hydrogens is 390 g/mol. The van der Waals surface area contributed by atoms with Crippen LogP contribution in [0.5, 0.6) is 0 Å². The fourth-order valence-electron chi connectivity index (χ4n) is 4.25. The van der Waals surface area contributed by atoms with Gasteiger partial charge < -0.3 is 10.1 Å². The lowest BCUT2D eigenvalue weighted by Gasteiger charge is -2.33. The van der Waals surface area contributed by atoms with Gasteiger partial charge >= 0.3 is 0 Å². The van der Waals surface area contributed by atoms with Gasteiger partial charge in [-0.3, -0.25) is 9.69 Å². The van der Waals surface area contributed by atoms with Gasteiger partial charge in [0.25, 0.3) is 0 Å². The van der Waals surface area contributed by atoms with E-state index in [1.54, 1.807) is 0 Å². The monoisotopic (exact) mass is 421 g/mol. The van der Waals surface area contributed by atoms with Crippen molar-refractivity contribution in [1.29, 1.82) is 0 Å². The van der Waals surface area contributed by atoms with Crippen LogP contribution in [0.3, 0.4) is 0 Å². The van der Waals surface area contributed by atoms with E-state index in [2.05, 4.69) is 44.6 Å². The van der Waals surface area contributed by atoms with Crippen LogP contribution in [0.25, 0.3) is 5.65 Å². The molecule has 4 rings (SSSR count). The molecule has 2 aromatic heterocycles. The molecule has 1 aromatic carbocycles. The van der Waals surface area contributed by atoms with Gasteiger partial charge in [-0.2, -0.15) is 5.10 Å². The van der Waals surface area contributed by atoms with Gasteiger partial charge in [-0.1, -0.05) is 30.3 Å². The van der Waals surface area contributed by atoms with E-state index in [0.29, 0.717) is 26.0 Å². The van der Waals surface area contributed by atoms with Crippen LogP contribution in [0.15, 0.2) is 36.4 Å². The molecule has 0 bridgehead atoms. The minimum atomic E-state index is 0.0231. The van der Waals surface area contributed by atoms with E-state index in [4.69, 9.17) is 4.74 Å². The minimum Gasteiger partial charge on any atom is -0.374 e. The zero-order valence-corrected chi connectivity index (χ0v) is 18.6. The first kappa shape index (κ1) is 21.5. The lowest BCUT2D eigenvalue weighted by atomic mass is 10.1. The molecular formula is C24H31N5O2. The highest BCUT2D eigenvalue weighted by molar-refractivity contribution is 5.76. The van der Waals surface area contributed by atoms with Crippen LogP contribution in [0.4, 0.5) is 0 Å². The second kappa shape index (κ2) is 9.58. The quantitative estimate of drug-likeness (QED) is 0.635. The molecule has 164 valence electrons. The number of rotatable bonds is 7. The Hall–Kier alpha value is -2.77. The number of nitrogens with one attached hydrogen (secondary N) is 1. The van der Waals surface area contributed by atoms with E-state index >= 15 is 0 Å². The molecule has 1 atom stereocenters. The average Bonchev–Trinajstić information content (AvgIpc) is 3.13. The van der Waals surface area contributed by atoms with Gasteiger partial charge in [0.15, 0.2) is 5.65 Å². The molecule has 1 aliphatic heterocycles. The molecule has 1 saturated heterocycles. The van der Waals surface area contributed by atoms with Gasteiger partial charge in [-0.25, -0.2) is 9.50 Å². The number of carbonyl (C=O) groups is 1. The Morgan fingerprint density at radius 2 is 2.03 bits per heavy atom. The first-order valence-corrected chi connectivity index (χ1v) is 11.0. The largest absolute Gasteiger partial charge is 0.374 e. The van der Waals surface area contributed by atoms with Gasteiger partial charge in [0, 0.05) is 50.1 Å². The zero-order valence-electron chi connectivity index (χ0n) is 18.6. The summed E-state index contributed by atoms with van der Waals surface area (Å²) < 4.78 is 7.74. The number of amides is 1. The van der Waals surface area contributed by atoms with Crippen LogP contribution >= 0.6 is 0 Å². The highest BCUT2D eigenvalue weighted by Gasteiger charge is 2.21. The van der Waals surface area contributed by atoms with Crippen molar-refractivity contribution < 1.29 is 9.53 Å². The summed E-state index contributed by atoms with van der Waals surface area (Å²) in [5.41, 5.74) is 6.21. The Kier molecular flexibility index (Phi) is 6.63. The Bertz CT molecular complexity index is 1050. The van der Waals surface area contributed by atoms with Crippen molar-refractivity contribution in [2.45, 2.75) is 46.3 Å². The van der Waals surface area contributed by atoms with Crippen LogP contribution in [0.1, 0.15) is 34.6 Å². The SMILES string of the molecule is Cc1cc2nc(C)c(CCC(=O)NC[C@H]3CN(Cc4ccccc4)CCO3)c(C)n2n1. The molecule has 7 nitrogen and oxygen atoms in total. The van der Waals surface area contributed by atoms with E-state index in [-0.39, 0.29) is 12.0 Å². The Labute approximate surface area is 183 Å². The van der Waals surface area contributed by atoms with E-state index in [0.717, 1.165) is 47.9 Å². The molecule has 3 heterocycles. The summed E-state index contributed by atoms with van der Waals surface area (Å²) in [5, 5.41) is 7.56. The summed E-state index contributed by atoms with van der Waals surface area (Å²) in [5.74, 6) is 0.0410. The lowest BCUT2D eigenvalue weighted by Crippen LogP contribution is -2.47.